The molecule has 0 spiro atoms. The molecule has 0 saturated carbocycles. The first kappa shape index (κ1) is 10.1. The highest BCUT2D eigenvalue weighted by Gasteiger charge is 2.16. The van der Waals surface area contributed by atoms with Gasteiger partial charge >= 0.3 is 0 Å². The van der Waals surface area contributed by atoms with Gasteiger partial charge in [-0.25, -0.2) is 9.50 Å². The van der Waals surface area contributed by atoms with Crippen molar-refractivity contribution in [3.8, 4) is 0 Å². The summed E-state index contributed by atoms with van der Waals surface area (Å²) in [6.07, 6.45) is 5.64. The molecule has 3 heterocycles. The minimum absolute atomic E-state index is 0.790. The molecule has 4 heteroatoms. The van der Waals surface area contributed by atoms with Crippen molar-refractivity contribution in [2.75, 3.05) is 11.5 Å². The van der Waals surface area contributed by atoms with Crippen LogP contribution in [0.5, 0.6) is 0 Å². The molecule has 0 unspecified atom stereocenters. The number of hydrogen-bond donors (Lipinski definition) is 0. The van der Waals surface area contributed by atoms with Crippen LogP contribution in [0.4, 0.5) is 0 Å². The van der Waals surface area contributed by atoms with Gasteiger partial charge in [-0.1, -0.05) is 6.07 Å². The molecule has 0 aliphatic carbocycles. The fourth-order valence-electron chi connectivity index (χ4n) is 2.17. The van der Waals surface area contributed by atoms with E-state index >= 15 is 0 Å². The van der Waals surface area contributed by atoms with Crippen molar-refractivity contribution >= 4 is 17.4 Å². The first-order chi connectivity index (χ1) is 7.92. The zero-order chi connectivity index (χ0) is 10.8. The van der Waals surface area contributed by atoms with Crippen LogP contribution in [0.15, 0.2) is 24.4 Å². The maximum Gasteiger partial charge on any atom is 0.155 e. The van der Waals surface area contributed by atoms with Gasteiger partial charge in [-0.3, -0.25) is 0 Å². The van der Waals surface area contributed by atoms with E-state index < -0.39 is 0 Å². The lowest BCUT2D eigenvalue weighted by atomic mass is 9.99. The molecule has 16 heavy (non-hydrogen) atoms. The lowest BCUT2D eigenvalue weighted by molar-refractivity contribution is 0.476. The Kier molecular flexibility index (Phi) is 2.82. The summed E-state index contributed by atoms with van der Waals surface area (Å²) < 4.78 is 1.87. The second-order valence-electron chi connectivity index (χ2n) is 4.29. The van der Waals surface area contributed by atoms with Crippen molar-refractivity contribution in [3.63, 3.8) is 0 Å². The molecule has 0 amide bonds. The van der Waals surface area contributed by atoms with E-state index in [9.17, 15) is 0 Å². The summed E-state index contributed by atoms with van der Waals surface area (Å²) in [4.78, 5) is 4.55. The van der Waals surface area contributed by atoms with Gasteiger partial charge in [0.2, 0.25) is 0 Å². The summed E-state index contributed by atoms with van der Waals surface area (Å²) in [6.45, 7) is 0. The number of hydrogen-bond acceptors (Lipinski definition) is 3. The van der Waals surface area contributed by atoms with Gasteiger partial charge in [0.25, 0.3) is 0 Å². The quantitative estimate of drug-likeness (QED) is 0.798. The zero-order valence-corrected chi connectivity index (χ0v) is 9.99. The fourth-order valence-corrected chi connectivity index (χ4v) is 3.38. The molecule has 3 nitrogen and oxygen atoms in total. The number of nitrogens with zero attached hydrogens (tertiary/aromatic N) is 3. The van der Waals surface area contributed by atoms with Crippen LogP contribution in [-0.4, -0.2) is 26.1 Å². The number of aromatic nitrogens is 3. The van der Waals surface area contributed by atoms with E-state index in [1.165, 1.54) is 24.3 Å². The summed E-state index contributed by atoms with van der Waals surface area (Å²) in [6, 6.07) is 6.00. The molecule has 0 aromatic carbocycles. The molecular formula is C12H15N3S. The average Bonchev–Trinajstić information content (AvgIpc) is 2.72. The first-order valence-corrected chi connectivity index (χ1v) is 6.95. The third-order valence-electron chi connectivity index (χ3n) is 3.10. The van der Waals surface area contributed by atoms with Crippen molar-refractivity contribution in [1.29, 1.82) is 0 Å². The molecule has 0 radical (unpaired) electrons. The summed E-state index contributed by atoms with van der Waals surface area (Å²) in [5.41, 5.74) is 0.961. The van der Waals surface area contributed by atoms with Gasteiger partial charge in [-0.15, -0.1) is 0 Å². The monoisotopic (exact) mass is 233 g/mol. The van der Waals surface area contributed by atoms with Crippen LogP contribution in [0, 0.1) is 5.92 Å². The van der Waals surface area contributed by atoms with Crippen molar-refractivity contribution in [2.45, 2.75) is 19.3 Å². The molecular weight excluding hydrogens is 218 g/mol. The predicted molar refractivity (Wildman–Crippen MR) is 66.7 cm³/mol. The molecule has 0 N–H and O–H groups in total. The Balaban J connectivity index is 1.78. The van der Waals surface area contributed by atoms with Crippen molar-refractivity contribution in [1.82, 2.24) is 14.6 Å². The molecule has 1 aliphatic heterocycles. The van der Waals surface area contributed by atoms with Gasteiger partial charge in [0.05, 0.1) is 0 Å². The van der Waals surface area contributed by atoms with Gasteiger partial charge in [0, 0.05) is 12.6 Å². The first-order valence-electron chi connectivity index (χ1n) is 5.80. The smallest absolute Gasteiger partial charge is 0.155 e. The second kappa shape index (κ2) is 4.45. The van der Waals surface area contributed by atoms with Crippen LogP contribution in [0.1, 0.15) is 18.7 Å². The van der Waals surface area contributed by atoms with Crippen molar-refractivity contribution in [3.05, 3.63) is 30.2 Å². The Labute approximate surface area is 99.3 Å². The van der Waals surface area contributed by atoms with Crippen LogP contribution in [0.3, 0.4) is 0 Å². The highest BCUT2D eigenvalue weighted by molar-refractivity contribution is 7.99. The van der Waals surface area contributed by atoms with Crippen LogP contribution in [-0.2, 0) is 6.42 Å². The van der Waals surface area contributed by atoms with E-state index in [2.05, 4.69) is 21.8 Å². The molecule has 1 aliphatic rings. The maximum absolute atomic E-state index is 4.55. The molecule has 3 rings (SSSR count). The minimum Gasteiger partial charge on any atom is -0.221 e. The average molecular weight is 233 g/mol. The van der Waals surface area contributed by atoms with Gasteiger partial charge in [-0.2, -0.15) is 16.9 Å². The van der Waals surface area contributed by atoms with E-state index in [0.717, 1.165) is 23.8 Å². The molecule has 1 fully saturated rings. The molecule has 2 aromatic heterocycles. The van der Waals surface area contributed by atoms with Gasteiger partial charge < -0.3 is 0 Å². The summed E-state index contributed by atoms with van der Waals surface area (Å²) in [5.74, 6) is 4.40. The van der Waals surface area contributed by atoms with E-state index in [-0.39, 0.29) is 0 Å². The van der Waals surface area contributed by atoms with Crippen molar-refractivity contribution < 1.29 is 0 Å². The summed E-state index contributed by atoms with van der Waals surface area (Å²) in [5, 5.41) is 4.51. The molecule has 0 bridgehead atoms. The highest BCUT2D eigenvalue weighted by atomic mass is 32.2. The van der Waals surface area contributed by atoms with E-state index in [4.69, 9.17) is 0 Å². The molecule has 2 aromatic rings. The number of thioether (sulfide) groups is 1. The molecule has 0 atom stereocenters. The van der Waals surface area contributed by atoms with E-state index in [1.807, 2.05) is 28.9 Å². The van der Waals surface area contributed by atoms with Crippen LogP contribution in [0.2, 0.25) is 0 Å². The third-order valence-corrected chi connectivity index (χ3v) is 4.15. The van der Waals surface area contributed by atoms with Crippen molar-refractivity contribution in [2.24, 2.45) is 5.92 Å². The van der Waals surface area contributed by atoms with E-state index in [1.54, 1.807) is 0 Å². The Hall–Kier alpha value is -1.03. The largest absolute Gasteiger partial charge is 0.221 e. The summed E-state index contributed by atoms with van der Waals surface area (Å²) >= 11 is 2.07. The van der Waals surface area contributed by atoms with Crippen LogP contribution in [0.25, 0.3) is 5.65 Å². The standard InChI is InChI=1S/C12H15N3S/c1-2-6-15-12(3-1)13-11(14-15)9-10-4-7-16-8-5-10/h1-3,6,10H,4-5,7-9H2. The number of pyridine rings is 1. The normalized spacial score (nSPS) is 18.0. The fraction of sp³-hybridized carbons (Fsp3) is 0.500. The van der Waals surface area contributed by atoms with Crippen LogP contribution >= 0.6 is 11.8 Å². The Morgan fingerprint density at radius 3 is 3.00 bits per heavy atom. The van der Waals surface area contributed by atoms with Gasteiger partial charge in [0.1, 0.15) is 0 Å². The topological polar surface area (TPSA) is 30.2 Å². The minimum atomic E-state index is 0.790. The highest BCUT2D eigenvalue weighted by Crippen LogP contribution is 2.25. The Bertz CT molecular complexity index is 441. The van der Waals surface area contributed by atoms with Gasteiger partial charge in [0.15, 0.2) is 11.5 Å². The molecule has 84 valence electrons. The SMILES string of the molecule is c1ccn2nc(CC3CCSCC3)nc2c1. The second-order valence-corrected chi connectivity index (χ2v) is 5.52. The Morgan fingerprint density at radius 2 is 2.19 bits per heavy atom. The number of rotatable bonds is 2. The maximum atomic E-state index is 4.55. The lowest BCUT2D eigenvalue weighted by Gasteiger charge is -2.19. The van der Waals surface area contributed by atoms with Crippen LogP contribution < -0.4 is 0 Å². The molecule has 1 saturated heterocycles. The lowest BCUT2D eigenvalue weighted by Crippen LogP contribution is -2.13. The third kappa shape index (κ3) is 2.07. The predicted octanol–water partition coefficient (Wildman–Crippen LogP) is 2.42. The van der Waals surface area contributed by atoms with Gasteiger partial charge in [-0.05, 0) is 42.4 Å². The Morgan fingerprint density at radius 1 is 1.31 bits per heavy atom. The van der Waals surface area contributed by atoms with E-state index in [0.29, 0.717) is 0 Å². The zero-order valence-electron chi connectivity index (χ0n) is 9.17. The summed E-state index contributed by atoms with van der Waals surface area (Å²) in [7, 11) is 0. The number of fused-ring (bicyclic) bond motifs is 1.